The lowest BCUT2D eigenvalue weighted by Gasteiger charge is -2.29. The van der Waals surface area contributed by atoms with Crippen molar-refractivity contribution in [3.63, 3.8) is 0 Å². The molecule has 90 valence electrons. The van der Waals surface area contributed by atoms with Crippen molar-refractivity contribution in [2.24, 2.45) is 0 Å². The van der Waals surface area contributed by atoms with Gasteiger partial charge in [-0.1, -0.05) is 6.92 Å². The van der Waals surface area contributed by atoms with E-state index in [-0.39, 0.29) is 11.7 Å². The zero-order valence-electron chi connectivity index (χ0n) is 10.0. The minimum atomic E-state index is -0.334. The molecule has 0 bridgehead atoms. The monoisotopic (exact) mass is 244 g/mol. The fourth-order valence-corrected chi connectivity index (χ4v) is 1.88. The van der Waals surface area contributed by atoms with E-state index < -0.39 is 0 Å². The number of hydrogen-bond acceptors (Lipinski definition) is 2. The number of pyridine rings is 1. The smallest absolute Gasteiger partial charge is 0.141 e. The van der Waals surface area contributed by atoms with Crippen LogP contribution in [0.2, 0.25) is 0 Å². The first kappa shape index (κ1) is 13.2. The minimum absolute atomic E-state index is 0.285. The van der Waals surface area contributed by atoms with Gasteiger partial charge in [0, 0.05) is 18.2 Å². The van der Waals surface area contributed by atoms with Gasteiger partial charge in [-0.2, -0.15) is 0 Å². The van der Waals surface area contributed by atoms with Crippen molar-refractivity contribution in [1.82, 2.24) is 4.98 Å². The van der Waals surface area contributed by atoms with Crippen LogP contribution < -0.4 is 4.90 Å². The van der Waals surface area contributed by atoms with E-state index in [0.717, 1.165) is 24.3 Å². The van der Waals surface area contributed by atoms with Crippen molar-refractivity contribution < 1.29 is 4.39 Å². The maximum atomic E-state index is 13.0. The van der Waals surface area contributed by atoms with Crippen LogP contribution in [0.15, 0.2) is 12.3 Å². The summed E-state index contributed by atoms with van der Waals surface area (Å²) in [6.07, 6.45) is 2.27. The van der Waals surface area contributed by atoms with Gasteiger partial charge in [0.05, 0.1) is 12.1 Å². The van der Waals surface area contributed by atoms with Crippen molar-refractivity contribution in [3.05, 3.63) is 23.6 Å². The number of anilines is 1. The number of alkyl halides is 1. The van der Waals surface area contributed by atoms with Crippen LogP contribution in [0, 0.1) is 5.82 Å². The maximum absolute atomic E-state index is 13.0. The highest BCUT2D eigenvalue weighted by molar-refractivity contribution is 6.17. The van der Waals surface area contributed by atoms with E-state index in [9.17, 15) is 4.39 Å². The van der Waals surface area contributed by atoms with Gasteiger partial charge in [0.1, 0.15) is 11.6 Å². The maximum Gasteiger partial charge on any atom is 0.141 e. The molecule has 16 heavy (non-hydrogen) atoms. The number of nitrogens with zero attached hydrogens (tertiary/aromatic N) is 2. The third kappa shape index (κ3) is 3.08. The van der Waals surface area contributed by atoms with E-state index in [1.54, 1.807) is 0 Å². The summed E-state index contributed by atoms with van der Waals surface area (Å²) in [6.45, 7) is 7.21. The Kier molecular flexibility index (Phi) is 5.00. The Morgan fingerprint density at radius 3 is 2.69 bits per heavy atom. The Hall–Kier alpha value is -0.830. The van der Waals surface area contributed by atoms with Crippen LogP contribution in [0.1, 0.15) is 32.8 Å². The van der Waals surface area contributed by atoms with E-state index in [1.165, 1.54) is 12.3 Å². The molecule has 0 saturated carbocycles. The molecule has 1 aromatic rings. The SMILES string of the molecule is CCCN(c1ncc(F)cc1CCl)C(C)C. The van der Waals surface area contributed by atoms with Crippen molar-refractivity contribution in [1.29, 1.82) is 0 Å². The molecule has 0 radical (unpaired) electrons. The quantitative estimate of drug-likeness (QED) is 0.736. The Balaban J connectivity index is 3.07. The standard InChI is InChI=1S/C12H18ClFN2/c1-4-5-16(9(2)3)12-10(7-13)6-11(14)8-15-12/h6,8-9H,4-5,7H2,1-3H3. The summed E-state index contributed by atoms with van der Waals surface area (Å²) >= 11 is 5.82. The van der Waals surface area contributed by atoms with Crippen LogP contribution in [0.4, 0.5) is 10.2 Å². The normalized spacial score (nSPS) is 10.9. The van der Waals surface area contributed by atoms with Gasteiger partial charge in [0.15, 0.2) is 0 Å². The lowest BCUT2D eigenvalue weighted by molar-refractivity contribution is 0.612. The van der Waals surface area contributed by atoms with E-state index in [4.69, 9.17) is 11.6 Å². The Morgan fingerprint density at radius 2 is 2.19 bits per heavy atom. The van der Waals surface area contributed by atoms with Gasteiger partial charge in [-0.05, 0) is 26.3 Å². The molecule has 0 aliphatic carbocycles. The summed E-state index contributed by atoms with van der Waals surface area (Å²) in [5.74, 6) is 0.750. The highest BCUT2D eigenvalue weighted by Crippen LogP contribution is 2.22. The van der Waals surface area contributed by atoms with Gasteiger partial charge < -0.3 is 4.90 Å². The van der Waals surface area contributed by atoms with Crippen molar-refractivity contribution in [2.45, 2.75) is 39.1 Å². The van der Waals surface area contributed by atoms with Gasteiger partial charge in [0.25, 0.3) is 0 Å². The number of hydrogen-bond donors (Lipinski definition) is 0. The average Bonchev–Trinajstić information content (AvgIpc) is 2.26. The minimum Gasteiger partial charge on any atom is -0.354 e. The van der Waals surface area contributed by atoms with Gasteiger partial charge in [0.2, 0.25) is 0 Å². The Labute approximate surface area is 101 Å². The lowest BCUT2D eigenvalue weighted by Crippen LogP contribution is -2.33. The molecule has 0 N–H and O–H groups in total. The Bertz CT molecular complexity index is 342. The third-order valence-corrected chi connectivity index (χ3v) is 2.70. The van der Waals surface area contributed by atoms with Gasteiger partial charge in [-0.15, -0.1) is 11.6 Å². The summed E-state index contributed by atoms with van der Waals surface area (Å²) in [5, 5.41) is 0. The molecule has 0 saturated heterocycles. The lowest BCUT2D eigenvalue weighted by atomic mass is 10.2. The van der Waals surface area contributed by atoms with Crippen LogP contribution in [0.5, 0.6) is 0 Å². The van der Waals surface area contributed by atoms with E-state index in [1.807, 2.05) is 0 Å². The molecule has 2 nitrogen and oxygen atoms in total. The molecule has 1 aromatic heterocycles. The molecule has 0 fully saturated rings. The van der Waals surface area contributed by atoms with Crippen molar-refractivity contribution in [2.75, 3.05) is 11.4 Å². The van der Waals surface area contributed by atoms with Crippen LogP contribution in [0.25, 0.3) is 0 Å². The average molecular weight is 245 g/mol. The molecule has 0 amide bonds. The van der Waals surface area contributed by atoms with Gasteiger partial charge in [-0.25, -0.2) is 9.37 Å². The summed E-state index contributed by atoms with van der Waals surface area (Å²) in [5.41, 5.74) is 0.754. The highest BCUT2D eigenvalue weighted by Gasteiger charge is 2.15. The van der Waals surface area contributed by atoms with Crippen LogP contribution in [-0.4, -0.2) is 17.6 Å². The number of halogens is 2. The zero-order chi connectivity index (χ0) is 12.1. The molecule has 1 rings (SSSR count). The first-order valence-electron chi connectivity index (χ1n) is 5.57. The van der Waals surface area contributed by atoms with E-state index in [0.29, 0.717) is 6.04 Å². The van der Waals surface area contributed by atoms with Gasteiger partial charge in [-0.3, -0.25) is 0 Å². The number of rotatable bonds is 5. The summed E-state index contributed by atoms with van der Waals surface area (Å²) in [4.78, 5) is 6.31. The Morgan fingerprint density at radius 1 is 1.50 bits per heavy atom. The highest BCUT2D eigenvalue weighted by atomic mass is 35.5. The third-order valence-electron chi connectivity index (χ3n) is 2.41. The van der Waals surface area contributed by atoms with Crippen LogP contribution >= 0.6 is 11.6 Å². The van der Waals surface area contributed by atoms with Gasteiger partial charge >= 0.3 is 0 Å². The van der Waals surface area contributed by atoms with Crippen molar-refractivity contribution >= 4 is 17.4 Å². The molecule has 0 unspecified atom stereocenters. The molecule has 4 heteroatoms. The molecule has 0 spiro atoms. The molecule has 0 aliphatic rings. The summed E-state index contributed by atoms with van der Waals surface area (Å²) in [7, 11) is 0. The predicted molar refractivity (Wildman–Crippen MR) is 66.5 cm³/mol. The van der Waals surface area contributed by atoms with Crippen LogP contribution in [-0.2, 0) is 5.88 Å². The molecule has 0 atom stereocenters. The van der Waals surface area contributed by atoms with E-state index in [2.05, 4.69) is 30.7 Å². The van der Waals surface area contributed by atoms with Crippen molar-refractivity contribution in [3.8, 4) is 0 Å². The van der Waals surface area contributed by atoms with Crippen LogP contribution in [0.3, 0.4) is 0 Å². The van der Waals surface area contributed by atoms with E-state index >= 15 is 0 Å². The second-order valence-electron chi connectivity index (χ2n) is 4.06. The topological polar surface area (TPSA) is 16.1 Å². The number of aromatic nitrogens is 1. The molecular weight excluding hydrogens is 227 g/mol. The molecule has 0 aromatic carbocycles. The predicted octanol–water partition coefficient (Wildman–Crippen LogP) is 3.58. The zero-order valence-corrected chi connectivity index (χ0v) is 10.8. The fourth-order valence-electron chi connectivity index (χ4n) is 1.68. The first-order valence-corrected chi connectivity index (χ1v) is 6.10. The fraction of sp³-hybridized carbons (Fsp3) is 0.583. The molecule has 0 aliphatic heterocycles. The molecule has 1 heterocycles. The first-order chi connectivity index (χ1) is 7.60. The largest absolute Gasteiger partial charge is 0.354 e. The molecular formula is C12H18ClFN2. The second-order valence-corrected chi connectivity index (χ2v) is 4.32. The summed E-state index contributed by atoms with van der Waals surface area (Å²) < 4.78 is 13.0. The second kappa shape index (κ2) is 6.04. The summed E-state index contributed by atoms with van der Waals surface area (Å²) in [6, 6.07) is 1.79.